The van der Waals surface area contributed by atoms with E-state index in [9.17, 15) is 18.0 Å². The summed E-state index contributed by atoms with van der Waals surface area (Å²) in [7, 11) is 3.35. The number of halogens is 4. The van der Waals surface area contributed by atoms with Crippen LogP contribution in [0.5, 0.6) is 17.2 Å². The van der Waals surface area contributed by atoms with Gasteiger partial charge in [0.25, 0.3) is 5.91 Å². The Morgan fingerprint density at radius 1 is 1.14 bits per heavy atom. The highest BCUT2D eigenvalue weighted by molar-refractivity contribution is 9.10. The van der Waals surface area contributed by atoms with Crippen molar-refractivity contribution in [2.75, 3.05) is 19.0 Å². The number of hydrogen-bond acceptors (Lipinski definition) is 6. The first-order chi connectivity index (χ1) is 16.6. The van der Waals surface area contributed by atoms with E-state index in [4.69, 9.17) is 9.47 Å². The maximum Gasteiger partial charge on any atom is 0.422 e. The van der Waals surface area contributed by atoms with E-state index in [1.807, 2.05) is 17.7 Å². The number of aromatic nitrogens is 3. The Labute approximate surface area is 209 Å². The second-order valence-corrected chi connectivity index (χ2v) is 8.23. The summed E-state index contributed by atoms with van der Waals surface area (Å²) in [6, 6.07) is 13.2. The molecule has 0 bridgehead atoms. The van der Waals surface area contributed by atoms with Crippen LogP contribution in [0.3, 0.4) is 0 Å². The molecule has 1 amide bonds. The number of nitrogens with zero attached hydrogens (tertiary/aromatic N) is 3. The maximum atomic E-state index is 12.4. The third-order valence-electron chi connectivity index (χ3n) is 4.86. The molecule has 2 N–H and O–H groups in total. The van der Waals surface area contributed by atoms with Crippen LogP contribution in [-0.2, 0) is 7.05 Å². The van der Waals surface area contributed by atoms with Crippen LogP contribution in [0.2, 0.25) is 0 Å². The normalized spacial score (nSPS) is 11.4. The smallest absolute Gasteiger partial charge is 0.422 e. The minimum absolute atomic E-state index is 0. The second-order valence-electron chi connectivity index (χ2n) is 7.38. The van der Waals surface area contributed by atoms with Gasteiger partial charge in [-0.15, -0.1) is 0 Å². The van der Waals surface area contributed by atoms with Crippen molar-refractivity contribution in [2.45, 2.75) is 6.18 Å². The van der Waals surface area contributed by atoms with Crippen LogP contribution in [0, 0.1) is 0 Å². The number of carbonyl (C=O) groups excluding carboxylic acids is 1. The lowest BCUT2D eigenvalue weighted by Gasteiger charge is -2.12. The molecule has 4 aromatic rings. The molecule has 12 heteroatoms. The van der Waals surface area contributed by atoms with Gasteiger partial charge < -0.3 is 24.7 Å². The fourth-order valence-electron chi connectivity index (χ4n) is 3.20. The maximum absolute atomic E-state index is 12.4. The van der Waals surface area contributed by atoms with E-state index in [1.54, 1.807) is 30.3 Å². The SMILES string of the molecule is CNC(=O)c1cc(Oc2ccc3c(c2)nc(Nc2ccc(OCC(F)(F)F)c(Br)c2)n3C)ccn1.[HH].[HH]. The molecule has 0 saturated heterocycles. The molecule has 0 atom stereocenters. The van der Waals surface area contributed by atoms with Crippen molar-refractivity contribution in [1.82, 2.24) is 19.9 Å². The number of ether oxygens (including phenoxy) is 2. The zero-order valence-electron chi connectivity index (χ0n) is 18.5. The number of fused-ring (bicyclic) bond motifs is 1. The van der Waals surface area contributed by atoms with E-state index < -0.39 is 12.8 Å². The van der Waals surface area contributed by atoms with Crippen LogP contribution in [0.15, 0.2) is 59.2 Å². The number of aryl methyl sites for hydroxylation is 1. The fourth-order valence-corrected chi connectivity index (χ4v) is 3.70. The first-order valence-corrected chi connectivity index (χ1v) is 11.0. The van der Waals surface area contributed by atoms with Crippen molar-refractivity contribution in [3.05, 3.63) is 64.9 Å². The monoisotopic (exact) mass is 553 g/mol. The highest BCUT2D eigenvalue weighted by Crippen LogP contribution is 2.32. The van der Waals surface area contributed by atoms with Crippen LogP contribution < -0.4 is 20.1 Å². The number of imidazole rings is 1. The first-order valence-electron chi connectivity index (χ1n) is 10.2. The fraction of sp³-hybridized carbons (Fsp3) is 0.174. The first kappa shape index (κ1) is 24.3. The minimum atomic E-state index is -4.42. The summed E-state index contributed by atoms with van der Waals surface area (Å²) in [6.45, 7) is -1.37. The third kappa shape index (κ3) is 5.83. The molecule has 0 aliphatic heterocycles. The van der Waals surface area contributed by atoms with E-state index in [0.717, 1.165) is 5.52 Å². The van der Waals surface area contributed by atoms with Crippen molar-refractivity contribution in [3.63, 3.8) is 0 Å². The van der Waals surface area contributed by atoms with Gasteiger partial charge in [-0.1, -0.05) is 0 Å². The summed E-state index contributed by atoms with van der Waals surface area (Å²) in [4.78, 5) is 20.4. The Hall–Kier alpha value is -3.80. The van der Waals surface area contributed by atoms with Crippen LogP contribution >= 0.6 is 15.9 Å². The molecule has 2 aromatic heterocycles. The molecule has 8 nitrogen and oxygen atoms in total. The molecule has 0 fully saturated rings. The van der Waals surface area contributed by atoms with E-state index in [-0.39, 0.29) is 20.2 Å². The van der Waals surface area contributed by atoms with Gasteiger partial charge >= 0.3 is 6.18 Å². The van der Waals surface area contributed by atoms with E-state index >= 15 is 0 Å². The molecule has 0 spiro atoms. The molecular formula is C23H23BrF3N5O3. The number of nitrogens with one attached hydrogen (secondary N) is 2. The number of benzene rings is 2. The molecular weight excluding hydrogens is 531 g/mol. The van der Waals surface area contributed by atoms with Crippen molar-refractivity contribution < 1.29 is 30.3 Å². The predicted molar refractivity (Wildman–Crippen MR) is 132 cm³/mol. The molecule has 2 aromatic carbocycles. The van der Waals surface area contributed by atoms with Crippen molar-refractivity contribution in [3.8, 4) is 17.2 Å². The number of anilines is 2. The second kappa shape index (κ2) is 9.82. The van der Waals surface area contributed by atoms with Gasteiger partial charge in [0.1, 0.15) is 22.9 Å². The van der Waals surface area contributed by atoms with Crippen molar-refractivity contribution in [1.29, 1.82) is 0 Å². The lowest BCUT2D eigenvalue weighted by molar-refractivity contribution is -0.153. The average Bonchev–Trinajstić information content (AvgIpc) is 3.12. The Balaban J connectivity index is 0.00000241. The van der Waals surface area contributed by atoms with E-state index in [2.05, 4.69) is 36.5 Å². The largest absolute Gasteiger partial charge is 0.483 e. The Morgan fingerprint density at radius 3 is 2.63 bits per heavy atom. The Bertz CT molecular complexity index is 1400. The summed E-state index contributed by atoms with van der Waals surface area (Å²) in [5, 5.41) is 5.66. The highest BCUT2D eigenvalue weighted by atomic mass is 79.9. The molecule has 2 heterocycles. The van der Waals surface area contributed by atoms with Gasteiger partial charge in [-0.05, 0) is 52.3 Å². The van der Waals surface area contributed by atoms with Gasteiger partial charge in [0.05, 0.1) is 15.5 Å². The molecule has 4 rings (SSSR count). The lowest BCUT2D eigenvalue weighted by atomic mass is 10.3. The Morgan fingerprint density at radius 2 is 1.91 bits per heavy atom. The van der Waals surface area contributed by atoms with Crippen LogP contribution in [0.25, 0.3) is 11.0 Å². The van der Waals surface area contributed by atoms with Crippen LogP contribution in [0.4, 0.5) is 24.8 Å². The van der Waals surface area contributed by atoms with Crippen molar-refractivity contribution >= 4 is 44.5 Å². The zero-order valence-corrected chi connectivity index (χ0v) is 20.1. The lowest BCUT2D eigenvalue weighted by Crippen LogP contribution is -2.19. The number of carbonyl (C=O) groups is 1. The highest BCUT2D eigenvalue weighted by Gasteiger charge is 2.28. The minimum Gasteiger partial charge on any atom is -0.483 e. The number of rotatable bonds is 7. The van der Waals surface area contributed by atoms with Gasteiger partial charge in [0, 0.05) is 41.0 Å². The molecule has 0 aliphatic rings. The summed E-state index contributed by atoms with van der Waals surface area (Å²) in [5.74, 6) is 1.24. The molecule has 0 unspecified atom stereocenters. The van der Waals surface area contributed by atoms with Gasteiger partial charge in [0.15, 0.2) is 6.61 Å². The molecule has 0 aliphatic carbocycles. The number of amides is 1. The van der Waals surface area contributed by atoms with Gasteiger partial charge in [-0.2, -0.15) is 13.2 Å². The van der Waals surface area contributed by atoms with Gasteiger partial charge in [-0.3, -0.25) is 9.78 Å². The van der Waals surface area contributed by atoms with E-state index in [0.29, 0.717) is 33.1 Å². The summed E-state index contributed by atoms with van der Waals surface area (Å²) in [6.07, 6.45) is -2.94. The summed E-state index contributed by atoms with van der Waals surface area (Å²) < 4.78 is 50.1. The third-order valence-corrected chi connectivity index (χ3v) is 5.48. The predicted octanol–water partition coefficient (Wildman–Crippen LogP) is 6.06. The summed E-state index contributed by atoms with van der Waals surface area (Å²) >= 11 is 3.24. The van der Waals surface area contributed by atoms with Crippen molar-refractivity contribution in [2.24, 2.45) is 7.05 Å². The Kier molecular flexibility index (Phi) is 6.83. The molecule has 0 saturated carbocycles. The topological polar surface area (TPSA) is 90.3 Å². The van der Waals surface area contributed by atoms with Crippen LogP contribution in [0.1, 0.15) is 13.3 Å². The number of hydrogen-bond donors (Lipinski definition) is 2. The summed E-state index contributed by atoms with van der Waals surface area (Å²) in [5.41, 5.74) is 2.31. The quantitative estimate of drug-likeness (QED) is 0.289. The number of alkyl halides is 3. The van der Waals surface area contributed by atoms with Gasteiger partial charge in [0.2, 0.25) is 5.95 Å². The van der Waals surface area contributed by atoms with Gasteiger partial charge in [-0.25, -0.2) is 4.98 Å². The van der Waals surface area contributed by atoms with Crippen LogP contribution in [-0.4, -0.2) is 40.3 Å². The zero-order chi connectivity index (χ0) is 25.2. The average molecular weight is 554 g/mol. The number of pyridine rings is 1. The molecule has 0 radical (unpaired) electrons. The molecule has 186 valence electrons. The molecule has 35 heavy (non-hydrogen) atoms. The van der Waals surface area contributed by atoms with E-state index in [1.165, 1.54) is 25.4 Å². The standard InChI is InChI=1S/C23H19BrF3N5O3.2H2/c1-28-21(33)18-11-15(7-8-29-18)35-14-4-5-19-17(10-14)31-22(32(19)2)30-13-3-6-20(16(24)9-13)34-12-23(25,26)27;;/h3-11H,12H2,1-2H3,(H,28,33)(H,30,31);2*1H.